The summed E-state index contributed by atoms with van der Waals surface area (Å²) < 4.78 is 5.67. The molecule has 1 aromatic carbocycles. The molecule has 0 radical (unpaired) electrons. The molecule has 2 atom stereocenters. The fraction of sp³-hybridized carbons (Fsp3) is 0.300. The molecule has 1 heterocycles. The van der Waals surface area contributed by atoms with Crippen molar-refractivity contribution >= 4 is 16.9 Å². The van der Waals surface area contributed by atoms with Crippen LogP contribution in [0.4, 0.5) is 0 Å². The maximum Gasteiger partial charge on any atom is 0.307 e. The minimum Gasteiger partial charge on any atom is -0.504 e. The SMILES string of the molecule is O=C(O)C1CCCCC1c1c2ccc(=O)c(O)c-2oc2c(O)cccc12. The number of benzene rings is 2. The molecule has 1 aliphatic heterocycles. The number of phenolic OH excluding ortho intramolecular Hbond substituents is 2. The van der Waals surface area contributed by atoms with Crippen LogP contribution in [0.5, 0.6) is 11.5 Å². The van der Waals surface area contributed by atoms with Crippen LogP contribution in [-0.4, -0.2) is 21.3 Å². The first kappa shape index (κ1) is 16.4. The van der Waals surface area contributed by atoms with E-state index in [1.165, 1.54) is 12.1 Å². The number of carboxylic acid groups (broad SMARTS) is 1. The molecule has 6 nitrogen and oxygen atoms in total. The van der Waals surface area contributed by atoms with Gasteiger partial charge in [-0.25, -0.2) is 0 Å². The van der Waals surface area contributed by atoms with Crippen LogP contribution < -0.4 is 5.43 Å². The van der Waals surface area contributed by atoms with Gasteiger partial charge in [-0.15, -0.1) is 0 Å². The molecule has 1 fully saturated rings. The van der Waals surface area contributed by atoms with Crippen molar-refractivity contribution < 1.29 is 24.5 Å². The molecule has 4 rings (SSSR count). The zero-order valence-corrected chi connectivity index (χ0v) is 13.9. The molecule has 0 aromatic heterocycles. The highest BCUT2D eigenvalue weighted by Crippen LogP contribution is 2.48. The molecule has 1 aromatic rings. The van der Waals surface area contributed by atoms with E-state index in [9.17, 15) is 24.9 Å². The Labute approximate surface area is 148 Å². The fourth-order valence-electron chi connectivity index (χ4n) is 4.13. The molecule has 6 heteroatoms. The quantitative estimate of drug-likeness (QED) is 0.606. The van der Waals surface area contributed by atoms with Crippen LogP contribution in [0.1, 0.15) is 37.2 Å². The van der Waals surface area contributed by atoms with E-state index in [1.54, 1.807) is 18.2 Å². The minimum atomic E-state index is -0.860. The number of hydrogen-bond acceptors (Lipinski definition) is 5. The van der Waals surface area contributed by atoms with Gasteiger partial charge in [-0.2, -0.15) is 0 Å². The van der Waals surface area contributed by atoms with Gasteiger partial charge in [-0.3, -0.25) is 9.59 Å². The second-order valence-electron chi connectivity index (χ2n) is 6.79. The third-order valence-electron chi connectivity index (χ3n) is 5.33. The van der Waals surface area contributed by atoms with E-state index in [0.29, 0.717) is 29.4 Å². The van der Waals surface area contributed by atoms with Crippen LogP contribution in [0.25, 0.3) is 22.3 Å². The fourth-order valence-corrected chi connectivity index (χ4v) is 4.13. The van der Waals surface area contributed by atoms with Crippen molar-refractivity contribution in [3.05, 3.63) is 46.1 Å². The molecule has 134 valence electrons. The Morgan fingerprint density at radius 3 is 2.62 bits per heavy atom. The number of carbonyl (C=O) groups is 1. The molecule has 3 N–H and O–H groups in total. The van der Waals surface area contributed by atoms with Crippen molar-refractivity contribution in [2.75, 3.05) is 0 Å². The molecule has 0 amide bonds. The largest absolute Gasteiger partial charge is 0.504 e. The summed E-state index contributed by atoms with van der Waals surface area (Å²) in [6, 6.07) is 7.71. The Kier molecular flexibility index (Phi) is 3.83. The monoisotopic (exact) mass is 354 g/mol. The smallest absolute Gasteiger partial charge is 0.307 e. The first-order valence-corrected chi connectivity index (χ1v) is 8.62. The Morgan fingerprint density at radius 1 is 1.08 bits per heavy atom. The molecule has 26 heavy (non-hydrogen) atoms. The Hall–Kier alpha value is -3.02. The third-order valence-corrected chi connectivity index (χ3v) is 5.33. The van der Waals surface area contributed by atoms with Crippen LogP contribution in [0.15, 0.2) is 39.5 Å². The van der Waals surface area contributed by atoms with Crippen molar-refractivity contribution in [2.45, 2.75) is 31.6 Å². The van der Waals surface area contributed by atoms with E-state index in [4.69, 9.17) is 4.42 Å². The number of hydrogen-bond donors (Lipinski definition) is 3. The summed E-state index contributed by atoms with van der Waals surface area (Å²) in [5.41, 5.74) is 0.781. The first-order valence-electron chi connectivity index (χ1n) is 8.62. The summed E-state index contributed by atoms with van der Waals surface area (Å²) in [4.78, 5) is 23.7. The van der Waals surface area contributed by atoms with Gasteiger partial charge >= 0.3 is 5.97 Å². The number of fused-ring (bicyclic) bond motifs is 2. The lowest BCUT2D eigenvalue weighted by atomic mass is 9.73. The average molecular weight is 354 g/mol. The van der Waals surface area contributed by atoms with Gasteiger partial charge in [-0.1, -0.05) is 25.0 Å². The first-order chi connectivity index (χ1) is 12.5. The zero-order valence-electron chi connectivity index (χ0n) is 13.9. The molecular formula is C20H18O6. The second-order valence-corrected chi connectivity index (χ2v) is 6.79. The van der Waals surface area contributed by atoms with Crippen LogP contribution in [0.3, 0.4) is 0 Å². The summed E-state index contributed by atoms with van der Waals surface area (Å²) in [5, 5.41) is 30.7. The molecular weight excluding hydrogens is 336 g/mol. The molecule has 0 spiro atoms. The number of para-hydroxylation sites is 1. The van der Waals surface area contributed by atoms with Gasteiger partial charge in [-0.05, 0) is 42.5 Å². The molecule has 1 saturated carbocycles. The number of aromatic hydroxyl groups is 2. The van der Waals surface area contributed by atoms with Gasteiger partial charge in [0, 0.05) is 10.9 Å². The Balaban J connectivity index is 2.11. The van der Waals surface area contributed by atoms with Crippen LogP contribution >= 0.6 is 0 Å². The van der Waals surface area contributed by atoms with Gasteiger partial charge in [0.05, 0.1) is 5.92 Å². The molecule has 3 aliphatic rings. The molecule has 2 aliphatic carbocycles. The van der Waals surface area contributed by atoms with Crippen LogP contribution in [0.2, 0.25) is 0 Å². The summed E-state index contributed by atoms with van der Waals surface area (Å²) in [6.45, 7) is 0. The van der Waals surface area contributed by atoms with Crippen LogP contribution in [0, 0.1) is 5.92 Å². The van der Waals surface area contributed by atoms with E-state index in [0.717, 1.165) is 12.8 Å². The number of phenols is 2. The van der Waals surface area contributed by atoms with E-state index in [2.05, 4.69) is 0 Å². The molecule has 0 saturated heterocycles. The summed E-state index contributed by atoms with van der Waals surface area (Å²) in [7, 11) is 0. The summed E-state index contributed by atoms with van der Waals surface area (Å²) in [6.07, 6.45) is 3.00. The third kappa shape index (κ3) is 2.41. The average Bonchev–Trinajstić information content (AvgIpc) is 2.64. The maximum atomic E-state index is 11.8. The maximum absolute atomic E-state index is 11.8. The van der Waals surface area contributed by atoms with Crippen molar-refractivity contribution in [2.24, 2.45) is 5.92 Å². The minimum absolute atomic E-state index is 0.0174. The van der Waals surface area contributed by atoms with Crippen molar-refractivity contribution in [1.29, 1.82) is 0 Å². The van der Waals surface area contributed by atoms with E-state index in [1.807, 2.05) is 0 Å². The topological polar surface area (TPSA) is 108 Å². The van der Waals surface area contributed by atoms with Crippen molar-refractivity contribution in [3.63, 3.8) is 0 Å². The van der Waals surface area contributed by atoms with Gasteiger partial charge < -0.3 is 19.7 Å². The van der Waals surface area contributed by atoms with Gasteiger partial charge in [0.2, 0.25) is 11.2 Å². The lowest BCUT2D eigenvalue weighted by Crippen LogP contribution is -2.26. The molecule has 0 bridgehead atoms. The van der Waals surface area contributed by atoms with E-state index < -0.39 is 23.1 Å². The predicted octanol–water partition coefficient (Wildman–Crippen LogP) is 3.67. The van der Waals surface area contributed by atoms with E-state index in [-0.39, 0.29) is 23.0 Å². The highest BCUT2D eigenvalue weighted by Gasteiger charge is 2.36. The normalized spacial score (nSPS) is 20.5. The standard InChI is InChI=1S/C20H18O6/c21-14-9-8-13-16(10-4-1-2-5-11(10)20(24)25)12-6-3-7-15(22)18(12)26-19(13)17(14)23/h3,6-11,22-23H,1-2,4-5H2,(H,24,25). The van der Waals surface area contributed by atoms with Crippen LogP contribution in [-0.2, 0) is 4.79 Å². The Morgan fingerprint density at radius 2 is 1.85 bits per heavy atom. The van der Waals surface area contributed by atoms with Gasteiger partial charge in [0.15, 0.2) is 17.1 Å². The highest BCUT2D eigenvalue weighted by molar-refractivity contribution is 5.93. The molecule has 2 unspecified atom stereocenters. The predicted molar refractivity (Wildman–Crippen MR) is 94.8 cm³/mol. The second kappa shape index (κ2) is 6.05. The van der Waals surface area contributed by atoms with Crippen molar-refractivity contribution in [3.8, 4) is 22.8 Å². The van der Waals surface area contributed by atoms with Crippen molar-refractivity contribution in [1.82, 2.24) is 0 Å². The lowest BCUT2D eigenvalue weighted by Gasteiger charge is -2.31. The zero-order chi connectivity index (χ0) is 18.4. The number of carboxylic acids is 1. The van der Waals surface area contributed by atoms with E-state index >= 15 is 0 Å². The summed E-state index contributed by atoms with van der Waals surface area (Å²) in [5.74, 6) is -2.38. The van der Waals surface area contributed by atoms with Gasteiger partial charge in [0.1, 0.15) is 0 Å². The highest BCUT2D eigenvalue weighted by atomic mass is 16.4. The summed E-state index contributed by atoms with van der Waals surface area (Å²) >= 11 is 0. The van der Waals surface area contributed by atoms with Gasteiger partial charge in [0.25, 0.3) is 0 Å². The Bertz CT molecular complexity index is 1030. The number of rotatable bonds is 2. The lowest BCUT2D eigenvalue weighted by molar-refractivity contribution is -0.143. The number of aliphatic carboxylic acids is 1.